The van der Waals surface area contributed by atoms with Gasteiger partial charge in [-0.3, -0.25) is 9.59 Å². The Labute approximate surface area is 182 Å². The first kappa shape index (κ1) is 23.5. The predicted octanol–water partition coefficient (Wildman–Crippen LogP) is 4.54. The van der Waals surface area contributed by atoms with Crippen LogP contribution in [0.5, 0.6) is 5.75 Å². The van der Waals surface area contributed by atoms with Crippen molar-refractivity contribution in [3.63, 3.8) is 0 Å². The van der Waals surface area contributed by atoms with Gasteiger partial charge >= 0.3 is 0 Å². The lowest BCUT2D eigenvalue weighted by molar-refractivity contribution is -0.116. The van der Waals surface area contributed by atoms with Crippen LogP contribution in [0.2, 0.25) is 5.02 Å². The van der Waals surface area contributed by atoms with Crippen molar-refractivity contribution >= 4 is 40.5 Å². The number of amides is 2. The summed E-state index contributed by atoms with van der Waals surface area (Å²) in [5.41, 5.74) is 1.81. The van der Waals surface area contributed by atoms with Crippen molar-refractivity contribution in [2.24, 2.45) is 0 Å². The number of ether oxygens (including phenoxy) is 2. The van der Waals surface area contributed by atoms with Crippen LogP contribution < -0.4 is 20.7 Å². The Bertz CT molecular complexity index is 828. The number of anilines is 3. The van der Waals surface area contributed by atoms with E-state index in [1.165, 1.54) is 0 Å². The van der Waals surface area contributed by atoms with Gasteiger partial charge in [-0.05, 0) is 55.8 Å². The quantitative estimate of drug-likeness (QED) is 0.427. The summed E-state index contributed by atoms with van der Waals surface area (Å²) >= 11 is 6.16. The first-order valence-corrected chi connectivity index (χ1v) is 10.3. The van der Waals surface area contributed by atoms with E-state index in [4.69, 9.17) is 21.1 Å². The highest BCUT2D eigenvalue weighted by molar-refractivity contribution is 6.33. The van der Waals surface area contributed by atoms with Crippen molar-refractivity contribution in [1.29, 1.82) is 0 Å². The van der Waals surface area contributed by atoms with Gasteiger partial charge in [0, 0.05) is 24.4 Å². The first-order valence-electron chi connectivity index (χ1n) is 9.95. The number of carbonyl (C=O) groups excluding carboxylic acids is 2. The zero-order valence-electron chi connectivity index (χ0n) is 17.3. The summed E-state index contributed by atoms with van der Waals surface area (Å²) < 4.78 is 10.8. The minimum Gasteiger partial charge on any atom is -0.491 e. The van der Waals surface area contributed by atoms with Gasteiger partial charge in [-0.15, -0.1) is 0 Å². The van der Waals surface area contributed by atoms with Gasteiger partial charge in [0.15, 0.2) is 0 Å². The molecule has 0 unspecified atom stereocenters. The van der Waals surface area contributed by atoms with Gasteiger partial charge in [-0.1, -0.05) is 18.5 Å². The highest BCUT2D eigenvalue weighted by Crippen LogP contribution is 2.25. The van der Waals surface area contributed by atoms with E-state index in [2.05, 4.69) is 16.0 Å². The fourth-order valence-electron chi connectivity index (χ4n) is 2.56. The summed E-state index contributed by atoms with van der Waals surface area (Å²) in [7, 11) is 0. The Morgan fingerprint density at radius 2 is 1.67 bits per heavy atom. The molecular weight excluding hydrogens is 406 g/mol. The molecular formula is C22H28ClN3O4. The SMILES string of the molecule is CCCC(=O)Nc1ccc(Cl)c(NC(=O)CNc2ccc(OCCOCC)cc2)c1. The highest BCUT2D eigenvalue weighted by Gasteiger charge is 2.09. The Morgan fingerprint density at radius 1 is 0.933 bits per heavy atom. The number of halogens is 1. The largest absolute Gasteiger partial charge is 0.491 e. The van der Waals surface area contributed by atoms with Crippen LogP contribution in [0, 0.1) is 0 Å². The molecule has 2 amide bonds. The van der Waals surface area contributed by atoms with Gasteiger partial charge in [0.2, 0.25) is 11.8 Å². The van der Waals surface area contributed by atoms with Crippen LogP contribution in [0.1, 0.15) is 26.7 Å². The standard InChI is InChI=1S/C22H28ClN3O4/c1-3-5-21(27)25-17-8-11-19(23)20(14-17)26-22(28)15-24-16-6-9-18(10-7-16)30-13-12-29-4-2/h6-11,14,24H,3-5,12-13,15H2,1-2H3,(H,25,27)(H,26,28). The molecule has 0 fully saturated rings. The highest BCUT2D eigenvalue weighted by atomic mass is 35.5. The second-order valence-electron chi connectivity index (χ2n) is 6.46. The smallest absolute Gasteiger partial charge is 0.243 e. The third-order valence-electron chi connectivity index (χ3n) is 4.01. The predicted molar refractivity (Wildman–Crippen MR) is 121 cm³/mol. The second-order valence-corrected chi connectivity index (χ2v) is 6.87. The van der Waals surface area contributed by atoms with Gasteiger partial charge in [0.05, 0.1) is 23.9 Å². The van der Waals surface area contributed by atoms with E-state index >= 15 is 0 Å². The number of rotatable bonds is 12. The van der Waals surface area contributed by atoms with Crippen LogP contribution >= 0.6 is 11.6 Å². The molecule has 0 saturated heterocycles. The molecule has 7 nitrogen and oxygen atoms in total. The van der Waals surface area contributed by atoms with Crippen LogP contribution in [0.15, 0.2) is 42.5 Å². The molecule has 0 aliphatic rings. The molecule has 2 rings (SSSR count). The van der Waals surface area contributed by atoms with E-state index in [1.807, 2.05) is 38.1 Å². The minimum atomic E-state index is -0.258. The van der Waals surface area contributed by atoms with Crippen LogP contribution in [0.4, 0.5) is 17.1 Å². The third kappa shape index (κ3) is 8.31. The summed E-state index contributed by atoms with van der Waals surface area (Å²) in [4.78, 5) is 24.0. The molecule has 162 valence electrons. The third-order valence-corrected chi connectivity index (χ3v) is 4.34. The molecule has 2 aromatic carbocycles. The molecule has 0 saturated carbocycles. The van der Waals surface area contributed by atoms with Crippen molar-refractivity contribution in [2.75, 3.05) is 42.3 Å². The van der Waals surface area contributed by atoms with E-state index < -0.39 is 0 Å². The molecule has 0 bridgehead atoms. The van der Waals surface area contributed by atoms with Crippen molar-refractivity contribution in [1.82, 2.24) is 0 Å². The molecule has 0 aliphatic heterocycles. The summed E-state index contributed by atoms with van der Waals surface area (Å²) in [5, 5.41) is 8.98. The molecule has 8 heteroatoms. The number of hydrogen-bond acceptors (Lipinski definition) is 5. The maximum absolute atomic E-state index is 12.3. The van der Waals surface area contributed by atoms with Gasteiger partial charge in [0.1, 0.15) is 12.4 Å². The van der Waals surface area contributed by atoms with Crippen LogP contribution in [-0.2, 0) is 14.3 Å². The fourth-order valence-corrected chi connectivity index (χ4v) is 2.72. The second kappa shape index (κ2) is 12.7. The van der Waals surface area contributed by atoms with Gasteiger partial charge in [-0.25, -0.2) is 0 Å². The zero-order valence-corrected chi connectivity index (χ0v) is 18.1. The van der Waals surface area contributed by atoms with Gasteiger partial charge in [-0.2, -0.15) is 0 Å². The van der Waals surface area contributed by atoms with E-state index in [0.717, 1.165) is 17.9 Å². The topological polar surface area (TPSA) is 88.7 Å². The van der Waals surface area contributed by atoms with Crippen LogP contribution in [-0.4, -0.2) is 38.2 Å². The molecule has 0 aliphatic carbocycles. The maximum atomic E-state index is 12.3. The summed E-state index contributed by atoms with van der Waals surface area (Å²) in [6.07, 6.45) is 1.19. The lowest BCUT2D eigenvalue weighted by atomic mass is 10.2. The van der Waals surface area contributed by atoms with Crippen LogP contribution in [0.25, 0.3) is 0 Å². The molecule has 30 heavy (non-hydrogen) atoms. The number of nitrogens with one attached hydrogen (secondary N) is 3. The average Bonchev–Trinajstić information content (AvgIpc) is 2.73. The lowest BCUT2D eigenvalue weighted by Crippen LogP contribution is -2.22. The minimum absolute atomic E-state index is 0.0628. The van der Waals surface area contributed by atoms with Crippen molar-refractivity contribution in [3.05, 3.63) is 47.5 Å². The van der Waals surface area contributed by atoms with E-state index in [1.54, 1.807) is 18.2 Å². The summed E-state index contributed by atoms with van der Waals surface area (Å²) in [5.74, 6) is 0.397. The Balaban J connectivity index is 1.83. The Kier molecular flexibility index (Phi) is 9.97. The number of carbonyl (C=O) groups is 2. The number of benzene rings is 2. The molecule has 0 aromatic heterocycles. The molecule has 0 atom stereocenters. The molecule has 0 heterocycles. The lowest BCUT2D eigenvalue weighted by Gasteiger charge is -2.12. The molecule has 0 radical (unpaired) electrons. The van der Waals surface area contributed by atoms with Crippen LogP contribution in [0.3, 0.4) is 0 Å². The average molecular weight is 434 g/mol. The Hall–Kier alpha value is -2.77. The monoisotopic (exact) mass is 433 g/mol. The molecule has 2 aromatic rings. The molecule has 3 N–H and O–H groups in total. The van der Waals surface area contributed by atoms with E-state index in [-0.39, 0.29) is 18.4 Å². The zero-order chi connectivity index (χ0) is 21.8. The van der Waals surface area contributed by atoms with E-state index in [9.17, 15) is 9.59 Å². The Morgan fingerprint density at radius 3 is 2.37 bits per heavy atom. The van der Waals surface area contributed by atoms with Crippen molar-refractivity contribution < 1.29 is 19.1 Å². The van der Waals surface area contributed by atoms with Crippen molar-refractivity contribution in [2.45, 2.75) is 26.7 Å². The summed E-state index contributed by atoms with van der Waals surface area (Å²) in [6.45, 7) is 5.63. The summed E-state index contributed by atoms with van der Waals surface area (Å²) in [6, 6.07) is 12.3. The first-order chi connectivity index (χ1) is 14.5. The van der Waals surface area contributed by atoms with E-state index in [0.29, 0.717) is 42.6 Å². The maximum Gasteiger partial charge on any atom is 0.243 e. The van der Waals surface area contributed by atoms with Gasteiger partial charge in [0.25, 0.3) is 0 Å². The van der Waals surface area contributed by atoms with Crippen molar-refractivity contribution in [3.8, 4) is 5.75 Å². The molecule has 0 spiro atoms. The number of hydrogen-bond donors (Lipinski definition) is 3. The normalized spacial score (nSPS) is 10.4. The fraction of sp³-hybridized carbons (Fsp3) is 0.364. The van der Waals surface area contributed by atoms with Gasteiger partial charge < -0.3 is 25.4 Å².